The van der Waals surface area contributed by atoms with E-state index in [2.05, 4.69) is 15.5 Å². The maximum atomic E-state index is 12.2. The van der Waals surface area contributed by atoms with Crippen LogP contribution in [0, 0.1) is 0 Å². The highest BCUT2D eigenvalue weighted by Crippen LogP contribution is 2.22. The van der Waals surface area contributed by atoms with Crippen LogP contribution in [-0.4, -0.2) is 30.3 Å². The van der Waals surface area contributed by atoms with Gasteiger partial charge in [-0.1, -0.05) is 28.3 Å². The number of nitrogens with one attached hydrogen (secondary N) is 1. The smallest absolute Gasteiger partial charge is 0.322 e. The third kappa shape index (κ3) is 4.40. The molecule has 0 aliphatic carbocycles. The molecule has 1 heterocycles. The molecule has 134 valence electrons. The van der Waals surface area contributed by atoms with Gasteiger partial charge in [-0.25, -0.2) is 8.42 Å². The second-order valence-corrected chi connectivity index (χ2v) is 8.04. The molecule has 1 N–H and O–H groups in total. The van der Waals surface area contributed by atoms with Gasteiger partial charge in [0.1, 0.15) is 5.75 Å². The Balaban J connectivity index is 1.68. The summed E-state index contributed by atoms with van der Waals surface area (Å²) in [5.74, 6) is -1.41. The minimum absolute atomic E-state index is 0.00978. The molecule has 7 nitrogen and oxygen atoms in total. The van der Waals surface area contributed by atoms with Crippen molar-refractivity contribution in [2.24, 2.45) is 0 Å². The zero-order chi connectivity index (χ0) is 18.7. The number of sulfone groups is 1. The van der Waals surface area contributed by atoms with E-state index in [1.54, 1.807) is 24.3 Å². The molecule has 0 fully saturated rings. The SMILES string of the molecule is O=C(CS(=O)(=O)c1ccc(Cl)cc1)Nc1nnc(-c2ccc(Cl)cc2)o1. The van der Waals surface area contributed by atoms with E-state index in [0.717, 1.165) is 0 Å². The predicted molar refractivity (Wildman–Crippen MR) is 96.9 cm³/mol. The molecular formula is C16H11Cl2N3O4S. The molecule has 0 atom stereocenters. The number of hydrogen-bond acceptors (Lipinski definition) is 6. The Labute approximate surface area is 158 Å². The van der Waals surface area contributed by atoms with Crippen molar-refractivity contribution in [3.8, 4) is 11.5 Å². The zero-order valence-corrected chi connectivity index (χ0v) is 15.3. The fourth-order valence-corrected chi connectivity index (χ4v) is 3.42. The Morgan fingerprint density at radius 2 is 1.54 bits per heavy atom. The number of amides is 1. The Morgan fingerprint density at radius 1 is 0.962 bits per heavy atom. The molecular weight excluding hydrogens is 401 g/mol. The van der Waals surface area contributed by atoms with Crippen LogP contribution < -0.4 is 5.32 Å². The fraction of sp³-hybridized carbons (Fsp3) is 0.0625. The molecule has 1 aromatic heterocycles. The van der Waals surface area contributed by atoms with E-state index in [4.69, 9.17) is 27.6 Å². The minimum atomic E-state index is -3.82. The molecule has 2 aromatic carbocycles. The monoisotopic (exact) mass is 411 g/mol. The van der Waals surface area contributed by atoms with Crippen LogP contribution in [0.1, 0.15) is 0 Å². The standard InChI is InChI=1S/C16H11Cl2N3O4S/c17-11-3-1-10(2-4-11)15-20-21-16(25-15)19-14(22)9-26(23,24)13-7-5-12(18)6-8-13/h1-8H,9H2,(H,19,21,22). The number of hydrogen-bond donors (Lipinski definition) is 1. The van der Waals surface area contributed by atoms with Crippen LogP contribution >= 0.6 is 23.2 Å². The highest BCUT2D eigenvalue weighted by Gasteiger charge is 2.21. The fourth-order valence-electron chi connectivity index (χ4n) is 2.04. The summed E-state index contributed by atoms with van der Waals surface area (Å²) in [6.07, 6.45) is 0. The number of aromatic nitrogens is 2. The molecule has 26 heavy (non-hydrogen) atoms. The predicted octanol–water partition coefficient (Wildman–Crippen LogP) is 3.46. The van der Waals surface area contributed by atoms with Crippen LogP contribution in [0.2, 0.25) is 10.0 Å². The second kappa shape index (κ2) is 7.45. The number of nitrogens with zero attached hydrogens (tertiary/aromatic N) is 2. The summed E-state index contributed by atoms with van der Waals surface area (Å²) in [7, 11) is -3.82. The molecule has 3 rings (SSSR count). The topological polar surface area (TPSA) is 102 Å². The van der Waals surface area contributed by atoms with Crippen molar-refractivity contribution in [2.45, 2.75) is 4.90 Å². The van der Waals surface area contributed by atoms with E-state index < -0.39 is 21.5 Å². The van der Waals surface area contributed by atoms with Gasteiger partial charge in [0.25, 0.3) is 0 Å². The number of carbonyl (C=O) groups is 1. The molecule has 0 saturated carbocycles. The van der Waals surface area contributed by atoms with Crippen LogP contribution in [-0.2, 0) is 14.6 Å². The summed E-state index contributed by atoms with van der Waals surface area (Å²) in [6.45, 7) is 0. The third-order valence-corrected chi connectivity index (χ3v) is 5.39. The highest BCUT2D eigenvalue weighted by molar-refractivity contribution is 7.92. The maximum absolute atomic E-state index is 12.2. The first-order chi connectivity index (χ1) is 12.3. The van der Waals surface area contributed by atoms with E-state index in [9.17, 15) is 13.2 Å². The molecule has 0 aliphatic heterocycles. The zero-order valence-electron chi connectivity index (χ0n) is 13.0. The van der Waals surface area contributed by atoms with Gasteiger partial charge < -0.3 is 4.42 Å². The van der Waals surface area contributed by atoms with Crippen molar-refractivity contribution >= 4 is 45.0 Å². The Bertz CT molecular complexity index is 1030. The summed E-state index contributed by atoms with van der Waals surface area (Å²) >= 11 is 11.5. The first kappa shape index (κ1) is 18.4. The number of anilines is 1. The van der Waals surface area contributed by atoms with E-state index in [1.165, 1.54) is 24.3 Å². The van der Waals surface area contributed by atoms with Crippen molar-refractivity contribution in [3.63, 3.8) is 0 Å². The van der Waals surface area contributed by atoms with Gasteiger partial charge >= 0.3 is 6.01 Å². The average molecular weight is 412 g/mol. The van der Waals surface area contributed by atoms with E-state index in [1.807, 2.05) is 0 Å². The third-order valence-electron chi connectivity index (χ3n) is 3.26. The number of benzene rings is 2. The Kier molecular flexibility index (Phi) is 5.26. The lowest BCUT2D eigenvalue weighted by Crippen LogP contribution is -2.23. The molecule has 0 spiro atoms. The summed E-state index contributed by atoms with van der Waals surface area (Å²) in [5.41, 5.74) is 0.608. The number of rotatable bonds is 5. The van der Waals surface area contributed by atoms with Gasteiger partial charge in [0.05, 0.1) is 4.90 Å². The van der Waals surface area contributed by atoms with E-state index in [0.29, 0.717) is 15.6 Å². The summed E-state index contributed by atoms with van der Waals surface area (Å²) < 4.78 is 29.7. The van der Waals surface area contributed by atoms with Crippen molar-refractivity contribution in [1.82, 2.24) is 10.2 Å². The molecule has 3 aromatic rings. The summed E-state index contributed by atoms with van der Waals surface area (Å²) in [4.78, 5) is 12.0. The lowest BCUT2D eigenvalue weighted by atomic mass is 10.2. The molecule has 0 bridgehead atoms. The van der Waals surface area contributed by atoms with E-state index >= 15 is 0 Å². The van der Waals surface area contributed by atoms with Gasteiger partial charge in [-0.05, 0) is 48.5 Å². The van der Waals surface area contributed by atoms with Crippen molar-refractivity contribution in [1.29, 1.82) is 0 Å². The first-order valence-electron chi connectivity index (χ1n) is 7.21. The van der Waals surface area contributed by atoms with Crippen molar-refractivity contribution in [3.05, 3.63) is 58.6 Å². The largest absolute Gasteiger partial charge is 0.403 e. The number of halogens is 2. The van der Waals surface area contributed by atoms with Crippen molar-refractivity contribution in [2.75, 3.05) is 11.1 Å². The normalized spacial score (nSPS) is 11.3. The molecule has 0 aliphatic rings. The summed E-state index contributed by atoms with van der Waals surface area (Å²) in [5, 5.41) is 10.7. The maximum Gasteiger partial charge on any atom is 0.322 e. The molecule has 0 saturated heterocycles. The van der Waals surface area contributed by atoms with Crippen LogP contribution in [0.4, 0.5) is 6.01 Å². The molecule has 0 unspecified atom stereocenters. The lowest BCUT2D eigenvalue weighted by Gasteiger charge is -2.04. The Morgan fingerprint density at radius 3 is 2.15 bits per heavy atom. The lowest BCUT2D eigenvalue weighted by molar-refractivity contribution is -0.114. The molecule has 0 radical (unpaired) electrons. The van der Waals surface area contributed by atoms with Crippen LogP contribution in [0.25, 0.3) is 11.5 Å². The Hall–Kier alpha value is -2.42. The molecule has 1 amide bonds. The van der Waals surface area contributed by atoms with Gasteiger partial charge in [0.2, 0.25) is 11.8 Å². The van der Waals surface area contributed by atoms with Crippen LogP contribution in [0.15, 0.2) is 57.8 Å². The van der Waals surface area contributed by atoms with Crippen molar-refractivity contribution < 1.29 is 17.6 Å². The van der Waals surface area contributed by atoms with Gasteiger partial charge in [-0.15, -0.1) is 5.10 Å². The van der Waals surface area contributed by atoms with Gasteiger partial charge in [0.15, 0.2) is 9.84 Å². The minimum Gasteiger partial charge on any atom is -0.403 e. The molecule has 10 heteroatoms. The van der Waals surface area contributed by atoms with E-state index in [-0.39, 0.29) is 16.8 Å². The first-order valence-corrected chi connectivity index (χ1v) is 9.62. The highest BCUT2D eigenvalue weighted by atomic mass is 35.5. The quantitative estimate of drug-likeness (QED) is 0.689. The van der Waals surface area contributed by atoms with Crippen LogP contribution in [0.3, 0.4) is 0 Å². The van der Waals surface area contributed by atoms with Gasteiger partial charge in [-0.3, -0.25) is 10.1 Å². The summed E-state index contributed by atoms with van der Waals surface area (Å²) in [6, 6.07) is 12.0. The van der Waals surface area contributed by atoms with Gasteiger partial charge in [-0.2, -0.15) is 0 Å². The average Bonchev–Trinajstić information content (AvgIpc) is 3.03. The number of carbonyl (C=O) groups excluding carboxylic acids is 1. The van der Waals surface area contributed by atoms with Crippen LogP contribution in [0.5, 0.6) is 0 Å². The van der Waals surface area contributed by atoms with Gasteiger partial charge in [0, 0.05) is 15.6 Å². The second-order valence-electron chi connectivity index (χ2n) is 5.18.